The SMILES string of the molecule is CCC(=O)COCCOC(C)(C)C. The Morgan fingerprint density at radius 3 is 2.31 bits per heavy atom. The van der Waals surface area contributed by atoms with Gasteiger partial charge in [-0.2, -0.15) is 0 Å². The van der Waals surface area contributed by atoms with Crippen LogP contribution in [-0.4, -0.2) is 31.2 Å². The van der Waals surface area contributed by atoms with Gasteiger partial charge in [-0.3, -0.25) is 4.79 Å². The van der Waals surface area contributed by atoms with Crippen molar-refractivity contribution in [3.8, 4) is 0 Å². The fourth-order valence-electron chi connectivity index (χ4n) is 0.695. The Bertz CT molecular complexity index is 147. The van der Waals surface area contributed by atoms with Crippen LogP contribution in [0.3, 0.4) is 0 Å². The van der Waals surface area contributed by atoms with Gasteiger partial charge < -0.3 is 9.47 Å². The quantitative estimate of drug-likeness (QED) is 0.596. The van der Waals surface area contributed by atoms with Crippen molar-refractivity contribution in [2.75, 3.05) is 19.8 Å². The van der Waals surface area contributed by atoms with E-state index in [2.05, 4.69) is 0 Å². The molecule has 13 heavy (non-hydrogen) atoms. The molecule has 0 aliphatic carbocycles. The number of ether oxygens (including phenoxy) is 2. The van der Waals surface area contributed by atoms with Crippen LogP contribution in [0.1, 0.15) is 34.1 Å². The number of ketones is 1. The van der Waals surface area contributed by atoms with E-state index >= 15 is 0 Å². The van der Waals surface area contributed by atoms with Crippen molar-refractivity contribution < 1.29 is 14.3 Å². The molecule has 0 aliphatic rings. The highest BCUT2D eigenvalue weighted by molar-refractivity contribution is 5.79. The van der Waals surface area contributed by atoms with Crippen LogP contribution in [0.15, 0.2) is 0 Å². The van der Waals surface area contributed by atoms with Gasteiger partial charge in [-0.25, -0.2) is 0 Å². The molecule has 0 rings (SSSR count). The minimum Gasteiger partial charge on any atom is -0.373 e. The Morgan fingerprint density at radius 2 is 1.85 bits per heavy atom. The van der Waals surface area contributed by atoms with Crippen molar-refractivity contribution in [1.82, 2.24) is 0 Å². The summed E-state index contributed by atoms with van der Waals surface area (Å²) in [6, 6.07) is 0. The Balaban J connectivity index is 3.22. The van der Waals surface area contributed by atoms with Gasteiger partial charge in [-0.15, -0.1) is 0 Å². The topological polar surface area (TPSA) is 35.5 Å². The monoisotopic (exact) mass is 188 g/mol. The molecular weight excluding hydrogens is 168 g/mol. The first-order chi connectivity index (χ1) is 5.95. The summed E-state index contributed by atoms with van der Waals surface area (Å²) in [5.74, 6) is 0.135. The van der Waals surface area contributed by atoms with E-state index in [1.807, 2.05) is 27.7 Å². The average Bonchev–Trinajstić information content (AvgIpc) is 2.01. The standard InChI is InChI=1S/C10H20O3/c1-5-9(11)8-12-6-7-13-10(2,3)4/h5-8H2,1-4H3. The predicted molar refractivity (Wildman–Crippen MR) is 51.8 cm³/mol. The molecule has 0 aliphatic heterocycles. The Kier molecular flexibility index (Phi) is 5.91. The molecule has 0 heterocycles. The molecule has 0 aromatic rings. The van der Waals surface area contributed by atoms with Gasteiger partial charge in [0.25, 0.3) is 0 Å². The molecule has 0 aromatic heterocycles. The first kappa shape index (κ1) is 12.6. The van der Waals surface area contributed by atoms with Gasteiger partial charge in [0.1, 0.15) is 6.61 Å². The molecule has 0 spiro atoms. The maximum Gasteiger partial charge on any atom is 0.158 e. The van der Waals surface area contributed by atoms with Crippen molar-refractivity contribution in [2.24, 2.45) is 0 Å². The van der Waals surface area contributed by atoms with E-state index in [1.54, 1.807) is 0 Å². The largest absolute Gasteiger partial charge is 0.373 e. The summed E-state index contributed by atoms with van der Waals surface area (Å²) in [4.78, 5) is 10.8. The minimum atomic E-state index is -0.127. The zero-order valence-corrected chi connectivity index (χ0v) is 9.05. The van der Waals surface area contributed by atoms with Crippen LogP contribution in [-0.2, 0) is 14.3 Å². The Labute approximate surface area is 80.4 Å². The number of Topliss-reactive ketones (excluding diaryl/α,β-unsaturated/α-hetero) is 1. The average molecular weight is 188 g/mol. The van der Waals surface area contributed by atoms with Crippen LogP contribution in [0.4, 0.5) is 0 Å². The summed E-state index contributed by atoms with van der Waals surface area (Å²) in [6.07, 6.45) is 0.542. The highest BCUT2D eigenvalue weighted by atomic mass is 16.5. The zero-order chi connectivity index (χ0) is 10.3. The molecular formula is C10H20O3. The summed E-state index contributed by atoms with van der Waals surface area (Å²) in [5, 5.41) is 0. The van der Waals surface area contributed by atoms with Crippen LogP contribution in [0.5, 0.6) is 0 Å². The molecule has 0 N–H and O–H groups in total. The molecule has 0 atom stereocenters. The van der Waals surface area contributed by atoms with E-state index < -0.39 is 0 Å². The van der Waals surface area contributed by atoms with E-state index in [0.717, 1.165) is 0 Å². The minimum absolute atomic E-state index is 0.127. The van der Waals surface area contributed by atoms with Gasteiger partial charge in [0.2, 0.25) is 0 Å². The van der Waals surface area contributed by atoms with Crippen LogP contribution < -0.4 is 0 Å². The summed E-state index contributed by atoms with van der Waals surface area (Å²) in [5.41, 5.74) is -0.127. The number of rotatable bonds is 6. The third-order valence-corrected chi connectivity index (χ3v) is 1.42. The molecule has 3 nitrogen and oxygen atoms in total. The molecule has 0 aromatic carbocycles. The first-order valence-electron chi connectivity index (χ1n) is 4.69. The summed E-state index contributed by atoms with van der Waals surface area (Å²) >= 11 is 0. The molecule has 0 fully saturated rings. The molecule has 3 heteroatoms. The second kappa shape index (κ2) is 6.11. The lowest BCUT2D eigenvalue weighted by Gasteiger charge is -2.19. The fourth-order valence-corrected chi connectivity index (χ4v) is 0.695. The van der Waals surface area contributed by atoms with Gasteiger partial charge in [-0.05, 0) is 20.8 Å². The van der Waals surface area contributed by atoms with Crippen molar-refractivity contribution in [2.45, 2.75) is 39.7 Å². The lowest BCUT2D eigenvalue weighted by atomic mass is 10.2. The van der Waals surface area contributed by atoms with Crippen LogP contribution in [0.2, 0.25) is 0 Å². The molecule has 0 unspecified atom stereocenters. The summed E-state index contributed by atoms with van der Waals surface area (Å²) in [7, 11) is 0. The molecule has 78 valence electrons. The van der Waals surface area contributed by atoms with E-state index in [4.69, 9.17) is 9.47 Å². The Hall–Kier alpha value is -0.410. The van der Waals surface area contributed by atoms with E-state index in [1.165, 1.54) is 0 Å². The van der Waals surface area contributed by atoms with Gasteiger partial charge in [0, 0.05) is 6.42 Å². The summed E-state index contributed by atoms with van der Waals surface area (Å²) in [6.45, 7) is 9.05. The highest BCUT2D eigenvalue weighted by Crippen LogP contribution is 2.05. The molecule has 0 amide bonds. The Morgan fingerprint density at radius 1 is 1.23 bits per heavy atom. The van der Waals surface area contributed by atoms with E-state index in [-0.39, 0.29) is 18.0 Å². The van der Waals surface area contributed by atoms with Crippen molar-refractivity contribution in [3.05, 3.63) is 0 Å². The molecule has 0 saturated heterocycles. The maximum absolute atomic E-state index is 10.8. The van der Waals surface area contributed by atoms with Gasteiger partial charge in [0.15, 0.2) is 5.78 Å². The zero-order valence-electron chi connectivity index (χ0n) is 9.05. The second-order valence-corrected chi connectivity index (χ2v) is 3.91. The first-order valence-corrected chi connectivity index (χ1v) is 4.69. The smallest absolute Gasteiger partial charge is 0.158 e. The third-order valence-electron chi connectivity index (χ3n) is 1.42. The third kappa shape index (κ3) is 9.50. The number of hydrogen-bond donors (Lipinski definition) is 0. The second-order valence-electron chi connectivity index (χ2n) is 3.91. The van der Waals surface area contributed by atoms with Crippen LogP contribution in [0.25, 0.3) is 0 Å². The highest BCUT2D eigenvalue weighted by Gasteiger charge is 2.09. The molecule has 0 bridgehead atoms. The fraction of sp³-hybridized carbons (Fsp3) is 0.900. The molecule has 0 saturated carbocycles. The normalized spacial score (nSPS) is 11.7. The van der Waals surface area contributed by atoms with Crippen LogP contribution in [0, 0.1) is 0 Å². The molecule has 0 radical (unpaired) electrons. The lowest BCUT2D eigenvalue weighted by molar-refractivity contribution is -0.124. The number of carbonyl (C=O) groups excluding carboxylic acids is 1. The van der Waals surface area contributed by atoms with Gasteiger partial charge >= 0.3 is 0 Å². The maximum atomic E-state index is 10.8. The van der Waals surface area contributed by atoms with Crippen molar-refractivity contribution >= 4 is 5.78 Å². The van der Waals surface area contributed by atoms with E-state index in [9.17, 15) is 4.79 Å². The lowest BCUT2D eigenvalue weighted by Crippen LogP contribution is -2.22. The van der Waals surface area contributed by atoms with Gasteiger partial charge in [-0.1, -0.05) is 6.92 Å². The van der Waals surface area contributed by atoms with Gasteiger partial charge in [0.05, 0.1) is 18.8 Å². The van der Waals surface area contributed by atoms with E-state index in [0.29, 0.717) is 19.6 Å². The number of carbonyl (C=O) groups is 1. The predicted octanol–water partition coefficient (Wildman–Crippen LogP) is 1.80. The van der Waals surface area contributed by atoms with Crippen molar-refractivity contribution in [1.29, 1.82) is 0 Å². The van der Waals surface area contributed by atoms with Crippen molar-refractivity contribution in [3.63, 3.8) is 0 Å². The summed E-state index contributed by atoms with van der Waals surface area (Å²) < 4.78 is 10.5. The number of hydrogen-bond acceptors (Lipinski definition) is 3. The van der Waals surface area contributed by atoms with Crippen LogP contribution >= 0.6 is 0 Å².